The number of pyridine rings is 2. The number of fused-ring (bicyclic) bond motifs is 1. The minimum atomic E-state index is -5.08. The number of rotatable bonds is 4. The lowest BCUT2D eigenvalue weighted by molar-refractivity contribution is -0.143. The van der Waals surface area contributed by atoms with Crippen molar-refractivity contribution >= 4 is 23.0 Å². The Morgan fingerprint density at radius 1 is 1.03 bits per heavy atom. The first-order valence-electron chi connectivity index (χ1n) is 10.5. The lowest BCUT2D eigenvalue weighted by atomic mass is 9.97. The van der Waals surface area contributed by atoms with Crippen LogP contribution in [0.15, 0.2) is 53.6 Å². The topological polar surface area (TPSA) is 81.5 Å². The molecule has 7 nitrogen and oxygen atoms in total. The number of aryl methyl sites for hydroxylation is 1. The van der Waals surface area contributed by atoms with Crippen LogP contribution in [0.5, 0.6) is 0 Å². The fraction of sp³-hybridized carbons (Fsp3) is 0.304. The number of ether oxygens (including phenoxy) is 1. The van der Waals surface area contributed by atoms with Crippen molar-refractivity contribution in [2.75, 3.05) is 0 Å². The third-order valence-electron chi connectivity index (χ3n) is 5.77. The zero-order valence-electron chi connectivity index (χ0n) is 18.4. The molecule has 0 N–H and O–H groups in total. The molecular weight excluding hydrogens is 496 g/mol. The van der Waals surface area contributed by atoms with E-state index in [1.807, 2.05) is 0 Å². The Kier molecular flexibility index (Phi) is 6.27. The monoisotopic (exact) mass is 513 g/mol. The van der Waals surface area contributed by atoms with Gasteiger partial charge in [0.05, 0.1) is 22.6 Å². The van der Waals surface area contributed by atoms with E-state index in [9.17, 15) is 40.7 Å². The van der Waals surface area contributed by atoms with Gasteiger partial charge in [-0.1, -0.05) is 0 Å². The van der Waals surface area contributed by atoms with Crippen LogP contribution in [0.1, 0.15) is 36.1 Å². The van der Waals surface area contributed by atoms with E-state index in [4.69, 9.17) is 4.74 Å². The first kappa shape index (κ1) is 25.2. The van der Waals surface area contributed by atoms with Crippen LogP contribution in [-0.4, -0.2) is 32.5 Å². The number of hydrogen-bond acceptors (Lipinski definition) is 5. The Balaban J connectivity index is 1.58. The summed E-state index contributed by atoms with van der Waals surface area (Å²) in [6.45, 7) is 1.28. The molecule has 0 unspecified atom stereocenters. The summed E-state index contributed by atoms with van der Waals surface area (Å²) < 4.78 is 85.9. The number of carbonyl (C=O) groups excluding carboxylic acids is 2. The molecule has 0 saturated carbocycles. The number of amides is 2. The summed E-state index contributed by atoms with van der Waals surface area (Å²) in [7, 11) is 0. The number of cyclic esters (lactones) is 1. The minimum Gasteiger partial charge on any atom is -0.439 e. The van der Waals surface area contributed by atoms with Crippen LogP contribution >= 0.6 is 0 Å². The smallest absolute Gasteiger partial charge is 0.417 e. The van der Waals surface area contributed by atoms with Gasteiger partial charge in [0, 0.05) is 31.4 Å². The molecule has 13 heteroatoms. The normalized spacial score (nSPS) is 18.5. The Labute approximate surface area is 198 Å². The molecule has 0 spiro atoms. The number of imide groups is 1. The van der Waals surface area contributed by atoms with Crippen LogP contribution in [0.25, 0.3) is 11.0 Å². The summed E-state index contributed by atoms with van der Waals surface area (Å²) in [5, 5.41) is 0.312. The van der Waals surface area contributed by atoms with E-state index in [-0.39, 0.29) is 24.5 Å². The molecule has 0 radical (unpaired) electrons. The van der Waals surface area contributed by atoms with Gasteiger partial charge in [0.2, 0.25) is 5.91 Å². The Hall–Kier alpha value is -3.90. The molecule has 2 aromatic heterocycles. The largest absolute Gasteiger partial charge is 0.439 e. The molecule has 1 saturated heterocycles. The van der Waals surface area contributed by atoms with Gasteiger partial charge in [-0.25, -0.2) is 14.7 Å². The number of alkyl halides is 6. The van der Waals surface area contributed by atoms with Gasteiger partial charge in [-0.15, -0.1) is 0 Å². The Morgan fingerprint density at radius 2 is 1.67 bits per heavy atom. The van der Waals surface area contributed by atoms with E-state index >= 15 is 0 Å². The standard InChI is InChI=1S/C23H17F6N3O4/c1-12-19(13-9-14(22(24,25)26)11-15(10-13)23(27,28)29)36-21(35)32(12)18(34)5-8-31-7-4-17(33)16-3-2-6-30-20(16)31/h2-4,6-7,9-12,19H,5,8H2,1H3/t12-,19-/m0/s1. The SMILES string of the molecule is C[C@H]1[C@@H](c2cc(C(F)(F)F)cc(C(F)(F)F)c2)OC(=O)N1C(=O)CCn1ccc(=O)c2cccnc21. The number of nitrogens with zero attached hydrogens (tertiary/aromatic N) is 3. The van der Waals surface area contributed by atoms with E-state index in [1.165, 1.54) is 30.0 Å². The number of aromatic nitrogens is 2. The van der Waals surface area contributed by atoms with Crippen LogP contribution in [0.4, 0.5) is 31.1 Å². The zero-order chi connectivity index (χ0) is 26.4. The minimum absolute atomic E-state index is 0.00439. The maximum Gasteiger partial charge on any atom is 0.417 e. The number of carbonyl (C=O) groups is 2. The average molecular weight is 513 g/mol. The maximum absolute atomic E-state index is 13.2. The Bertz CT molecular complexity index is 1370. The molecule has 1 aromatic carbocycles. The van der Waals surface area contributed by atoms with E-state index < -0.39 is 53.2 Å². The van der Waals surface area contributed by atoms with Crippen molar-refractivity contribution in [2.45, 2.75) is 44.4 Å². The van der Waals surface area contributed by atoms with E-state index in [0.717, 1.165) is 0 Å². The quantitative estimate of drug-likeness (QED) is 0.462. The molecule has 1 aliphatic rings. The highest BCUT2D eigenvalue weighted by Gasteiger charge is 2.45. The van der Waals surface area contributed by atoms with Crippen molar-refractivity contribution < 1.29 is 40.7 Å². The highest BCUT2D eigenvalue weighted by Crippen LogP contribution is 2.40. The highest BCUT2D eigenvalue weighted by atomic mass is 19.4. The molecule has 0 aliphatic carbocycles. The van der Waals surface area contributed by atoms with Gasteiger partial charge >= 0.3 is 18.4 Å². The zero-order valence-corrected chi connectivity index (χ0v) is 18.4. The first-order valence-corrected chi connectivity index (χ1v) is 10.5. The molecule has 3 heterocycles. The molecule has 190 valence electrons. The van der Waals surface area contributed by atoms with E-state index in [1.54, 1.807) is 12.1 Å². The average Bonchev–Trinajstić information content (AvgIpc) is 3.11. The highest BCUT2D eigenvalue weighted by molar-refractivity contribution is 5.93. The summed E-state index contributed by atoms with van der Waals surface area (Å²) in [5.74, 6) is -0.763. The van der Waals surface area contributed by atoms with Crippen molar-refractivity contribution in [3.63, 3.8) is 0 Å². The molecule has 4 rings (SSSR count). The van der Waals surface area contributed by atoms with Crippen LogP contribution < -0.4 is 5.43 Å². The van der Waals surface area contributed by atoms with Crippen molar-refractivity contribution in [1.29, 1.82) is 0 Å². The van der Waals surface area contributed by atoms with Gasteiger partial charge in [0.1, 0.15) is 11.8 Å². The molecular formula is C23H17F6N3O4. The number of halogens is 6. The van der Waals surface area contributed by atoms with Crippen molar-refractivity contribution in [2.24, 2.45) is 0 Å². The van der Waals surface area contributed by atoms with Crippen molar-refractivity contribution in [1.82, 2.24) is 14.5 Å². The second-order valence-corrected chi connectivity index (χ2v) is 8.15. The lowest BCUT2D eigenvalue weighted by Gasteiger charge is -2.21. The summed E-state index contributed by atoms with van der Waals surface area (Å²) in [6, 6.07) is 4.13. The maximum atomic E-state index is 13.2. The molecule has 36 heavy (non-hydrogen) atoms. The van der Waals surface area contributed by atoms with Crippen molar-refractivity contribution in [3.8, 4) is 0 Å². The molecule has 1 fully saturated rings. The first-order chi connectivity index (χ1) is 16.8. The van der Waals surface area contributed by atoms with Crippen LogP contribution in [0.3, 0.4) is 0 Å². The summed E-state index contributed by atoms with van der Waals surface area (Å²) >= 11 is 0. The second-order valence-electron chi connectivity index (χ2n) is 8.15. The predicted octanol–water partition coefficient (Wildman–Crippen LogP) is 4.93. The third-order valence-corrected chi connectivity index (χ3v) is 5.77. The van der Waals surface area contributed by atoms with Gasteiger partial charge in [-0.05, 0) is 42.8 Å². The van der Waals surface area contributed by atoms with E-state index in [2.05, 4.69) is 4.98 Å². The summed E-state index contributed by atoms with van der Waals surface area (Å²) in [5.41, 5.74) is -3.63. The fourth-order valence-corrected chi connectivity index (χ4v) is 4.04. The van der Waals surface area contributed by atoms with Gasteiger partial charge < -0.3 is 9.30 Å². The number of benzene rings is 1. The van der Waals surface area contributed by atoms with Gasteiger partial charge in [0.15, 0.2) is 5.43 Å². The summed E-state index contributed by atoms with van der Waals surface area (Å²) in [6.07, 6.45) is -10.3. The van der Waals surface area contributed by atoms with Crippen LogP contribution in [-0.2, 0) is 28.4 Å². The Morgan fingerprint density at radius 3 is 2.28 bits per heavy atom. The van der Waals surface area contributed by atoms with Gasteiger partial charge in [-0.3, -0.25) is 9.59 Å². The summed E-state index contributed by atoms with van der Waals surface area (Å²) in [4.78, 5) is 42.0. The van der Waals surface area contributed by atoms with Crippen LogP contribution in [0, 0.1) is 0 Å². The van der Waals surface area contributed by atoms with E-state index in [0.29, 0.717) is 28.1 Å². The molecule has 2 atom stereocenters. The molecule has 0 bridgehead atoms. The van der Waals surface area contributed by atoms with Crippen LogP contribution in [0.2, 0.25) is 0 Å². The third kappa shape index (κ3) is 4.77. The molecule has 3 aromatic rings. The fourth-order valence-electron chi connectivity index (χ4n) is 4.04. The number of hydrogen-bond donors (Lipinski definition) is 0. The second kappa shape index (κ2) is 8.95. The predicted molar refractivity (Wildman–Crippen MR) is 113 cm³/mol. The lowest BCUT2D eigenvalue weighted by Crippen LogP contribution is -2.38. The van der Waals surface area contributed by atoms with Gasteiger partial charge in [0.25, 0.3) is 0 Å². The van der Waals surface area contributed by atoms with Gasteiger partial charge in [-0.2, -0.15) is 26.3 Å². The molecule has 2 amide bonds. The molecule has 1 aliphatic heterocycles. The van der Waals surface area contributed by atoms with Crippen molar-refractivity contribution in [3.05, 3.63) is 75.7 Å².